The van der Waals surface area contributed by atoms with Crippen LogP contribution in [0.15, 0.2) is 78.9 Å². The third-order valence-corrected chi connectivity index (χ3v) is 16.0. The lowest BCUT2D eigenvalue weighted by Crippen LogP contribution is -2.45. The van der Waals surface area contributed by atoms with Crippen LogP contribution >= 0.6 is 12.4 Å². The van der Waals surface area contributed by atoms with Crippen molar-refractivity contribution in [2.75, 3.05) is 55.3 Å². The van der Waals surface area contributed by atoms with Crippen LogP contribution < -0.4 is 42.4 Å². The molecule has 7 heterocycles. The fourth-order valence-electron chi connectivity index (χ4n) is 8.96. The van der Waals surface area contributed by atoms with Crippen molar-refractivity contribution in [2.45, 2.75) is 185 Å². The average molecular weight is 1660 g/mol. The number of nitriles is 3. The zero-order valence-electron chi connectivity index (χ0n) is 68.0. The topological polar surface area (TPSA) is 584 Å². The molecule has 9 N–H and O–H groups in total. The molecule has 2 aliphatic rings. The molecule has 0 bridgehead atoms. The quantitative estimate of drug-likeness (QED) is 0.0225. The number of ether oxygens (including phenoxy) is 4. The van der Waals surface area contributed by atoms with E-state index in [1.165, 1.54) is 64.2 Å². The third kappa shape index (κ3) is 33.6. The van der Waals surface area contributed by atoms with E-state index in [2.05, 4.69) is 56.8 Å². The Bertz CT molecular complexity index is 4760. The number of likely N-dealkylation sites (N-methyl/N-ethyl adjacent to an activating group) is 3. The van der Waals surface area contributed by atoms with Crippen LogP contribution in [0.25, 0.3) is 0 Å². The molecule has 5 aromatic heterocycles. The molecular formula is C76H100ClN21O20. The molecule has 636 valence electrons. The highest BCUT2D eigenvalue weighted by Gasteiger charge is 2.31. The number of aromatic nitrogens is 5. The van der Waals surface area contributed by atoms with Crippen LogP contribution in [-0.2, 0) is 75.5 Å². The number of carboxylic acid groups (broad SMARTS) is 1. The number of nitrogens with zero attached hydrogens (tertiary/aromatic N) is 14. The Labute approximate surface area is 687 Å². The Balaban J connectivity index is 0.000000718. The summed E-state index contributed by atoms with van der Waals surface area (Å²) < 4.78 is 20.6. The van der Waals surface area contributed by atoms with Crippen LogP contribution in [0.5, 0.6) is 5.75 Å². The van der Waals surface area contributed by atoms with Crippen molar-refractivity contribution in [2.24, 2.45) is 5.92 Å². The second-order valence-corrected chi connectivity index (χ2v) is 28.4. The first-order valence-corrected chi connectivity index (χ1v) is 35.3. The molecule has 8 amide bonds. The number of carbonyl (C=O) groups is 9. The Morgan fingerprint density at radius 3 is 1.26 bits per heavy atom. The molecule has 4 atom stereocenters. The molecule has 42 heteroatoms. The van der Waals surface area contributed by atoms with E-state index in [9.17, 15) is 73.5 Å². The summed E-state index contributed by atoms with van der Waals surface area (Å²) in [5.41, 5.74) is 6.73. The lowest BCUT2D eigenvalue weighted by Gasteiger charge is -2.28. The van der Waals surface area contributed by atoms with Crippen LogP contribution in [0.1, 0.15) is 162 Å². The molecule has 2 aliphatic heterocycles. The van der Waals surface area contributed by atoms with Crippen molar-refractivity contribution in [1.29, 1.82) is 15.8 Å². The lowest BCUT2D eigenvalue weighted by molar-refractivity contribution is -0.385. The van der Waals surface area contributed by atoms with Gasteiger partial charge in [0.2, 0.25) is 46.6 Å². The molecule has 0 aliphatic carbocycles. The Hall–Kier alpha value is -14.0. The Kier molecular flexibility index (Phi) is 40.1. The van der Waals surface area contributed by atoms with E-state index >= 15 is 0 Å². The highest BCUT2D eigenvalue weighted by Crippen LogP contribution is 2.25. The molecule has 6 aromatic rings. The number of nitrogens with one attached hydrogen (secondary N) is 6. The van der Waals surface area contributed by atoms with Gasteiger partial charge in [-0.25, -0.2) is 44.1 Å². The van der Waals surface area contributed by atoms with E-state index in [-0.39, 0.29) is 90.2 Å². The number of fused-ring (bicyclic) bond motifs is 2. The molecule has 0 radical (unpaired) electrons. The van der Waals surface area contributed by atoms with Gasteiger partial charge in [-0.3, -0.25) is 69.0 Å². The number of rotatable bonds is 18. The maximum atomic E-state index is 12.4. The number of aliphatic carboxylic acids is 1. The number of benzene rings is 1. The number of pyridine rings is 5. The first kappa shape index (κ1) is 102. The summed E-state index contributed by atoms with van der Waals surface area (Å²) in [5, 5.41) is 83.1. The highest BCUT2D eigenvalue weighted by atomic mass is 35.5. The number of hydrogen-bond acceptors (Lipinski definition) is 29. The molecule has 1 aromatic carbocycles. The first-order chi connectivity index (χ1) is 54.0. The molecule has 0 saturated carbocycles. The zero-order valence-corrected chi connectivity index (χ0v) is 68.8. The molecule has 0 unspecified atom stereocenters. The van der Waals surface area contributed by atoms with Gasteiger partial charge in [0, 0.05) is 51.8 Å². The zero-order chi connectivity index (χ0) is 88.0. The smallest absolute Gasteiger partial charge is 0.410 e. The minimum absolute atomic E-state index is 0. The van der Waals surface area contributed by atoms with Crippen molar-refractivity contribution in [3.63, 3.8) is 0 Å². The number of nitrogens with two attached hydrogens (primary N) is 1. The maximum absolute atomic E-state index is 12.4. The molecular weight excluding hydrogens is 1560 g/mol. The minimum atomic E-state index is -1.06. The largest absolute Gasteiger partial charge is 0.497 e. The van der Waals surface area contributed by atoms with E-state index in [1.54, 1.807) is 113 Å². The van der Waals surface area contributed by atoms with Gasteiger partial charge in [0.05, 0.1) is 59.2 Å². The molecule has 0 fully saturated rings. The molecule has 118 heavy (non-hydrogen) atoms. The lowest BCUT2D eigenvalue weighted by atomic mass is 10.1. The first-order valence-electron chi connectivity index (χ1n) is 35.3. The molecule has 8 rings (SSSR count). The van der Waals surface area contributed by atoms with Gasteiger partial charge >= 0.3 is 41.3 Å². The SMILES string of the molecule is C.CC[C@@H](C)C(=O)Nc1ccc2c(n1)CNC(=O)C2.COc1ccc(CNc2ccc([N+](=O)[O-])c(C#N)n2)c(C)c1.C[C@@H](C(=O)Nc1ccc([N+](=O)[O-])c(C#N)n1)N(C)C(=O)OC(C)(C)C.C[C@@H](C(=O)Nc1ccc2c(n1)CNC(=O)C2)N(C)C(=O)OC(C)(C)C.C[C@@H](C(=O)O)N(C)C(=O)OC(C)(C)C.Cl.N#Cc1nc(N)ccc1[N+](=O)[O-]. The number of aryl methyl sites for hydroxylation is 1. The van der Waals surface area contributed by atoms with Crippen molar-refractivity contribution >= 4 is 112 Å². The molecule has 0 spiro atoms. The second kappa shape index (κ2) is 46.4. The predicted molar refractivity (Wildman–Crippen MR) is 433 cm³/mol. The highest BCUT2D eigenvalue weighted by molar-refractivity contribution is 5.97. The monoisotopic (exact) mass is 1660 g/mol. The van der Waals surface area contributed by atoms with Gasteiger partial charge in [-0.05, 0) is 161 Å². The summed E-state index contributed by atoms with van der Waals surface area (Å²) in [7, 11) is 5.92. The average Bonchev–Trinajstić information content (AvgIpc) is 0.836. The van der Waals surface area contributed by atoms with Crippen molar-refractivity contribution in [1.82, 2.24) is 50.3 Å². The van der Waals surface area contributed by atoms with Crippen molar-refractivity contribution in [3.8, 4) is 24.0 Å². The summed E-state index contributed by atoms with van der Waals surface area (Å²) in [5.74, 6) is 0.0939. The number of amides is 8. The summed E-state index contributed by atoms with van der Waals surface area (Å²) in [6.07, 6.45) is -0.434. The summed E-state index contributed by atoms with van der Waals surface area (Å²) >= 11 is 0. The van der Waals surface area contributed by atoms with Gasteiger partial charge in [-0.2, -0.15) is 15.8 Å². The number of anilines is 5. The van der Waals surface area contributed by atoms with E-state index in [0.29, 0.717) is 43.5 Å². The Morgan fingerprint density at radius 2 is 0.907 bits per heavy atom. The van der Waals surface area contributed by atoms with E-state index < -0.39 is 91.2 Å². The standard InChI is InChI=1S/C17H24N4O4.C15H19N5O5.C15H14N4O3.C13H17N3O2.C9H17NO4.C6H4N4O2.CH4.ClH/c1-10(21(5)16(24)25-17(2,3)4)15(23)20-13-7-6-11-8-14(22)18-9-12(11)19-13;1-9(19(5)14(22)25-15(2,3)4)13(21)18-12-7-6-11(20(23)24)10(8-16)17-12;1-10-7-12(22-2)4-3-11(10)9-17-15-6-5-14(19(20)21)13(8-16)18-15;1-3-8(2)13(18)16-11-5-4-9-6-12(17)14-7-10(9)15-11;1-6(7(11)12)10(5)8(13)14-9(2,3)4;7-3-4-5(10(11)12)1-2-6(8)9-4;;/h6-7,10H,8-9H2,1-5H3,(H,18,22)(H,19,20,23);6-7,9H,1-5H3,(H,17,18,21);3-7H,9H2,1-2H3,(H,17,18);4-5,8H,3,6-7H2,1-2H3,(H,14,17)(H,15,16,18);6H,1-5H3,(H,11,12);1-2H,(H2,8,9);1H4;1H/t10-;9-;;8-;6-;;;/m00.10.../s1. The number of nitrogen functional groups attached to an aromatic ring is 1. The minimum Gasteiger partial charge on any atom is -0.497 e. The van der Waals surface area contributed by atoms with Crippen LogP contribution in [-0.4, -0.2) is 176 Å². The number of methoxy groups -OCH3 is 1. The molecule has 41 nitrogen and oxygen atoms in total. The molecule has 0 saturated heterocycles. The number of nitro groups is 3. The fraction of sp³-hybridized carbons (Fsp3) is 0.434. The van der Waals surface area contributed by atoms with Crippen LogP contribution in [0, 0.1) is 77.2 Å². The van der Waals surface area contributed by atoms with Gasteiger partial charge < -0.3 is 61.7 Å². The normalized spacial score (nSPS) is 12.3. The predicted octanol–water partition coefficient (Wildman–Crippen LogP) is 10.4. The van der Waals surface area contributed by atoms with E-state index in [4.69, 9.17) is 45.6 Å². The summed E-state index contributed by atoms with van der Waals surface area (Å²) in [6.45, 7) is 27.2. The number of halogens is 1. The van der Waals surface area contributed by atoms with Crippen molar-refractivity contribution < 1.29 is 82.0 Å². The number of hydrogen-bond donors (Lipinski definition) is 8. The third-order valence-electron chi connectivity index (χ3n) is 16.0. The van der Waals surface area contributed by atoms with Gasteiger partial charge in [-0.1, -0.05) is 39.5 Å². The van der Waals surface area contributed by atoms with Gasteiger partial charge in [-0.15, -0.1) is 12.4 Å². The van der Waals surface area contributed by atoms with Crippen LogP contribution in [0.2, 0.25) is 0 Å². The van der Waals surface area contributed by atoms with Gasteiger partial charge in [0.15, 0.2) is 0 Å². The number of carboxylic acids is 1. The maximum Gasteiger partial charge on any atom is 0.410 e. The number of carbonyl (C=O) groups excluding carboxylic acids is 8. The van der Waals surface area contributed by atoms with Crippen molar-refractivity contribution in [3.05, 3.63) is 160 Å². The fourth-order valence-corrected chi connectivity index (χ4v) is 8.96. The van der Waals surface area contributed by atoms with Crippen LogP contribution in [0.3, 0.4) is 0 Å². The Morgan fingerprint density at radius 1 is 0.559 bits per heavy atom. The van der Waals surface area contributed by atoms with E-state index in [1.807, 2.05) is 45.0 Å². The summed E-state index contributed by atoms with van der Waals surface area (Å²) in [6, 6.07) is 22.6. The van der Waals surface area contributed by atoms with Gasteiger partial charge in [0.25, 0.3) is 0 Å². The summed E-state index contributed by atoms with van der Waals surface area (Å²) in [4.78, 5) is 158. The van der Waals surface area contributed by atoms with E-state index in [0.717, 1.165) is 67.7 Å². The second-order valence-electron chi connectivity index (χ2n) is 28.4. The van der Waals surface area contributed by atoms with Gasteiger partial charge in [0.1, 0.15) is 88.0 Å². The van der Waals surface area contributed by atoms with Crippen LogP contribution in [0.4, 0.5) is 60.5 Å².